The molecule has 2 N–H and O–H groups in total. The van der Waals surface area contributed by atoms with E-state index in [9.17, 15) is 14.7 Å². The third-order valence-corrected chi connectivity index (χ3v) is 4.88. The summed E-state index contributed by atoms with van der Waals surface area (Å²) >= 11 is 0. The van der Waals surface area contributed by atoms with Gasteiger partial charge in [0.2, 0.25) is 11.8 Å². The molecule has 1 aromatic heterocycles. The molecule has 0 aliphatic carbocycles. The van der Waals surface area contributed by atoms with E-state index in [1.54, 1.807) is 31.2 Å². The fraction of sp³-hybridized carbons (Fsp3) is 0.273. The van der Waals surface area contributed by atoms with Crippen molar-refractivity contribution in [2.45, 2.75) is 33.2 Å². The maximum absolute atomic E-state index is 12.4. The Bertz CT molecular complexity index is 994. The summed E-state index contributed by atoms with van der Waals surface area (Å²) in [5, 5.41) is 20.1. The van der Waals surface area contributed by atoms with Crippen LogP contribution in [0.3, 0.4) is 0 Å². The van der Waals surface area contributed by atoms with Crippen molar-refractivity contribution in [3.63, 3.8) is 0 Å². The number of nitrogens with one attached hydrogen (secondary N) is 1. The van der Waals surface area contributed by atoms with Crippen LogP contribution in [-0.2, 0) is 4.79 Å². The molecule has 1 heterocycles. The van der Waals surface area contributed by atoms with E-state index in [4.69, 9.17) is 4.42 Å². The van der Waals surface area contributed by atoms with Gasteiger partial charge >= 0.3 is 5.97 Å². The molecule has 0 aliphatic heterocycles. The number of benzene rings is 2. The normalized spacial score (nSPS) is 12.9. The SMILES string of the molecule is CCC(C)C(NC(=O)c1ccc(-c2nnc(-c3ccc(C)cc3)o2)cc1)C(=O)O. The van der Waals surface area contributed by atoms with Gasteiger partial charge in [0.25, 0.3) is 5.91 Å². The second-order valence-corrected chi connectivity index (χ2v) is 7.03. The van der Waals surface area contributed by atoms with Crippen LogP contribution in [0.1, 0.15) is 36.2 Å². The van der Waals surface area contributed by atoms with Crippen molar-refractivity contribution in [2.75, 3.05) is 0 Å². The number of carbonyl (C=O) groups is 2. The molecule has 0 aliphatic rings. The first-order valence-corrected chi connectivity index (χ1v) is 9.43. The van der Waals surface area contributed by atoms with Crippen LogP contribution in [0.5, 0.6) is 0 Å². The summed E-state index contributed by atoms with van der Waals surface area (Å²) in [6.07, 6.45) is 0.649. The van der Waals surface area contributed by atoms with Gasteiger partial charge in [-0.05, 0) is 49.2 Å². The molecule has 0 spiro atoms. The number of hydrogen-bond donors (Lipinski definition) is 2. The van der Waals surface area contributed by atoms with E-state index in [0.717, 1.165) is 11.1 Å². The quantitative estimate of drug-likeness (QED) is 0.630. The lowest BCUT2D eigenvalue weighted by atomic mass is 9.99. The van der Waals surface area contributed by atoms with Crippen molar-refractivity contribution in [1.82, 2.24) is 15.5 Å². The Morgan fingerprint density at radius 3 is 2.00 bits per heavy atom. The molecule has 0 fully saturated rings. The Morgan fingerprint density at radius 1 is 1.00 bits per heavy atom. The Hall–Kier alpha value is -3.48. The number of carboxylic acid groups (broad SMARTS) is 1. The zero-order valence-electron chi connectivity index (χ0n) is 16.5. The third kappa shape index (κ3) is 4.68. The molecule has 150 valence electrons. The number of aryl methyl sites for hydroxylation is 1. The summed E-state index contributed by atoms with van der Waals surface area (Å²) in [6, 6.07) is 13.4. The first-order chi connectivity index (χ1) is 13.9. The molecule has 2 aromatic carbocycles. The molecule has 0 radical (unpaired) electrons. The van der Waals surface area contributed by atoms with Crippen LogP contribution in [0.2, 0.25) is 0 Å². The van der Waals surface area contributed by atoms with Crippen molar-refractivity contribution in [3.8, 4) is 22.9 Å². The van der Waals surface area contributed by atoms with Crippen LogP contribution >= 0.6 is 0 Å². The summed E-state index contributed by atoms with van der Waals surface area (Å²) in [7, 11) is 0. The topological polar surface area (TPSA) is 105 Å². The second-order valence-electron chi connectivity index (χ2n) is 7.03. The zero-order chi connectivity index (χ0) is 21.0. The first-order valence-electron chi connectivity index (χ1n) is 9.43. The highest BCUT2D eigenvalue weighted by Crippen LogP contribution is 2.24. The average molecular weight is 393 g/mol. The van der Waals surface area contributed by atoms with Crippen molar-refractivity contribution in [3.05, 3.63) is 59.7 Å². The van der Waals surface area contributed by atoms with Crippen LogP contribution in [-0.4, -0.2) is 33.2 Å². The predicted octanol–water partition coefficient (Wildman–Crippen LogP) is 3.94. The zero-order valence-corrected chi connectivity index (χ0v) is 16.5. The summed E-state index contributed by atoms with van der Waals surface area (Å²) in [6.45, 7) is 5.68. The van der Waals surface area contributed by atoms with Gasteiger partial charge in [-0.2, -0.15) is 0 Å². The monoisotopic (exact) mass is 393 g/mol. The molecular formula is C22H23N3O4. The molecule has 7 heteroatoms. The van der Waals surface area contributed by atoms with Gasteiger partial charge < -0.3 is 14.8 Å². The molecule has 0 saturated carbocycles. The lowest BCUT2D eigenvalue weighted by molar-refractivity contribution is -0.140. The molecular weight excluding hydrogens is 370 g/mol. The van der Waals surface area contributed by atoms with Gasteiger partial charge in [0.05, 0.1) is 0 Å². The fourth-order valence-electron chi connectivity index (χ4n) is 2.82. The lowest BCUT2D eigenvalue weighted by Gasteiger charge is -2.20. The Labute approximate surface area is 168 Å². The minimum atomic E-state index is -1.04. The molecule has 0 saturated heterocycles. The number of carbonyl (C=O) groups excluding carboxylic acids is 1. The van der Waals surface area contributed by atoms with Gasteiger partial charge in [0.1, 0.15) is 6.04 Å². The highest BCUT2D eigenvalue weighted by Gasteiger charge is 2.25. The van der Waals surface area contributed by atoms with Crippen LogP contribution < -0.4 is 5.32 Å². The van der Waals surface area contributed by atoms with Crippen molar-refractivity contribution in [2.24, 2.45) is 5.92 Å². The smallest absolute Gasteiger partial charge is 0.326 e. The highest BCUT2D eigenvalue weighted by molar-refractivity contribution is 5.97. The minimum absolute atomic E-state index is 0.172. The number of aliphatic carboxylic acids is 1. The molecule has 3 aromatic rings. The van der Waals surface area contributed by atoms with E-state index in [1.165, 1.54) is 0 Å². The van der Waals surface area contributed by atoms with E-state index < -0.39 is 17.9 Å². The molecule has 29 heavy (non-hydrogen) atoms. The predicted molar refractivity (Wildman–Crippen MR) is 108 cm³/mol. The van der Waals surface area contributed by atoms with Crippen molar-refractivity contribution < 1.29 is 19.1 Å². The Kier molecular flexibility index (Phi) is 6.07. The molecule has 2 unspecified atom stereocenters. The van der Waals surface area contributed by atoms with Crippen LogP contribution in [0.15, 0.2) is 52.9 Å². The number of carboxylic acids is 1. The third-order valence-electron chi connectivity index (χ3n) is 4.88. The van der Waals surface area contributed by atoms with Gasteiger partial charge in [-0.3, -0.25) is 4.79 Å². The summed E-state index contributed by atoms with van der Waals surface area (Å²) in [4.78, 5) is 23.8. The lowest BCUT2D eigenvalue weighted by Crippen LogP contribution is -2.45. The number of hydrogen-bond acceptors (Lipinski definition) is 5. The van der Waals surface area contributed by atoms with Crippen LogP contribution in [0.25, 0.3) is 22.9 Å². The summed E-state index contributed by atoms with van der Waals surface area (Å²) in [5.74, 6) is -0.890. The first kappa shape index (κ1) is 20.3. The van der Waals surface area contributed by atoms with Gasteiger partial charge in [0, 0.05) is 16.7 Å². The fourth-order valence-corrected chi connectivity index (χ4v) is 2.82. The van der Waals surface area contributed by atoms with Crippen LogP contribution in [0.4, 0.5) is 0 Å². The summed E-state index contributed by atoms with van der Waals surface area (Å²) < 4.78 is 5.74. The molecule has 7 nitrogen and oxygen atoms in total. The molecule has 1 amide bonds. The average Bonchev–Trinajstić information content (AvgIpc) is 3.22. The van der Waals surface area contributed by atoms with Gasteiger partial charge in [-0.1, -0.05) is 38.0 Å². The van der Waals surface area contributed by atoms with E-state index in [1.807, 2.05) is 38.1 Å². The molecule has 2 atom stereocenters. The van der Waals surface area contributed by atoms with E-state index in [0.29, 0.717) is 29.3 Å². The van der Waals surface area contributed by atoms with E-state index >= 15 is 0 Å². The second kappa shape index (κ2) is 8.68. The summed E-state index contributed by atoms with van der Waals surface area (Å²) in [5.41, 5.74) is 3.00. The minimum Gasteiger partial charge on any atom is -0.480 e. The maximum atomic E-state index is 12.4. The van der Waals surface area contributed by atoms with Gasteiger partial charge in [0.15, 0.2) is 0 Å². The van der Waals surface area contributed by atoms with Gasteiger partial charge in [-0.25, -0.2) is 4.79 Å². The number of amides is 1. The van der Waals surface area contributed by atoms with E-state index in [-0.39, 0.29) is 5.92 Å². The highest BCUT2D eigenvalue weighted by atomic mass is 16.4. The largest absolute Gasteiger partial charge is 0.480 e. The Morgan fingerprint density at radius 2 is 1.52 bits per heavy atom. The number of rotatable bonds is 7. The molecule has 3 rings (SSSR count). The van der Waals surface area contributed by atoms with Crippen LogP contribution in [0, 0.1) is 12.8 Å². The standard InChI is InChI=1S/C22H23N3O4/c1-4-14(3)18(22(27)28)23-19(26)15-9-11-17(12-10-15)21-25-24-20(29-21)16-7-5-13(2)6-8-16/h5-12,14,18H,4H2,1-3H3,(H,23,26)(H,27,28). The van der Waals surface area contributed by atoms with Crippen molar-refractivity contribution >= 4 is 11.9 Å². The Balaban J connectivity index is 1.74. The molecule has 0 bridgehead atoms. The van der Waals surface area contributed by atoms with Gasteiger partial charge in [-0.15, -0.1) is 10.2 Å². The number of aromatic nitrogens is 2. The van der Waals surface area contributed by atoms with Crippen molar-refractivity contribution in [1.29, 1.82) is 0 Å². The maximum Gasteiger partial charge on any atom is 0.326 e. The number of nitrogens with zero attached hydrogens (tertiary/aromatic N) is 2. The van der Waals surface area contributed by atoms with E-state index in [2.05, 4.69) is 15.5 Å².